The first-order valence-corrected chi connectivity index (χ1v) is 6.54. The Morgan fingerprint density at radius 3 is 2.27 bits per heavy atom. The summed E-state index contributed by atoms with van der Waals surface area (Å²) < 4.78 is 0. The van der Waals surface area contributed by atoms with Crippen molar-refractivity contribution in [3.8, 4) is 0 Å². The van der Waals surface area contributed by atoms with Gasteiger partial charge >= 0.3 is 0 Å². The highest BCUT2D eigenvalue weighted by Crippen LogP contribution is 2.29. The van der Waals surface area contributed by atoms with Crippen LogP contribution in [-0.2, 0) is 5.75 Å². The van der Waals surface area contributed by atoms with Crippen molar-refractivity contribution < 1.29 is 5.11 Å². The summed E-state index contributed by atoms with van der Waals surface area (Å²) in [5.41, 5.74) is 0.286. The third-order valence-corrected chi connectivity index (χ3v) is 3.87. The molecule has 0 fully saturated rings. The fourth-order valence-electron chi connectivity index (χ4n) is 1.07. The summed E-state index contributed by atoms with van der Waals surface area (Å²) in [5, 5.41) is 10.9. The summed E-state index contributed by atoms with van der Waals surface area (Å²) in [6, 6.07) is 5.48. The van der Waals surface area contributed by atoms with Crippen LogP contribution in [0.3, 0.4) is 0 Å². The molecule has 1 N–H and O–H groups in total. The average molecular weight is 265 g/mol. The molecule has 0 unspecified atom stereocenters. The molecule has 1 rings (SSSR count). The largest absolute Gasteiger partial charge is 0.390 e. The van der Waals surface area contributed by atoms with Crippen LogP contribution in [0.5, 0.6) is 0 Å². The predicted molar refractivity (Wildman–Crippen MR) is 68.9 cm³/mol. The van der Waals surface area contributed by atoms with E-state index in [0.29, 0.717) is 15.8 Å². The van der Waals surface area contributed by atoms with Gasteiger partial charge in [0.2, 0.25) is 0 Å². The molecule has 4 heteroatoms. The normalized spacial score (nSPS) is 11.8. The Balaban J connectivity index is 2.58. The minimum absolute atomic E-state index is 0.654. The molecular weight excluding hydrogens is 251 g/mol. The summed E-state index contributed by atoms with van der Waals surface area (Å²) in [6.45, 7) is 3.57. The van der Waals surface area contributed by atoms with Crippen LogP contribution in [-0.4, -0.2) is 16.5 Å². The maximum atomic E-state index is 9.55. The number of aliphatic hydroxyl groups is 1. The molecular formula is C11H14Cl2OS. The van der Waals surface area contributed by atoms with E-state index in [4.69, 9.17) is 23.2 Å². The molecule has 1 aromatic rings. The van der Waals surface area contributed by atoms with Gasteiger partial charge in [-0.25, -0.2) is 0 Å². The standard InChI is InChI=1S/C11H14Cl2OS/c1-11(2,14)7-15-6-8-9(12)4-3-5-10(8)13/h3-5,14H,6-7H2,1-2H3. The number of thioether (sulfide) groups is 1. The fraction of sp³-hybridized carbons (Fsp3) is 0.455. The lowest BCUT2D eigenvalue weighted by atomic mass is 10.2. The van der Waals surface area contributed by atoms with Crippen molar-refractivity contribution in [3.63, 3.8) is 0 Å². The van der Waals surface area contributed by atoms with Crippen molar-refractivity contribution in [2.75, 3.05) is 5.75 Å². The molecule has 84 valence electrons. The lowest BCUT2D eigenvalue weighted by Crippen LogP contribution is -2.21. The summed E-state index contributed by atoms with van der Waals surface area (Å²) in [5.74, 6) is 1.39. The second-order valence-electron chi connectivity index (χ2n) is 4.01. The molecule has 0 saturated carbocycles. The van der Waals surface area contributed by atoms with E-state index in [1.807, 2.05) is 18.2 Å². The highest BCUT2D eigenvalue weighted by Gasteiger charge is 2.13. The van der Waals surface area contributed by atoms with E-state index in [2.05, 4.69) is 0 Å². The van der Waals surface area contributed by atoms with Crippen LogP contribution in [0.15, 0.2) is 18.2 Å². The van der Waals surface area contributed by atoms with Crippen molar-refractivity contribution in [2.24, 2.45) is 0 Å². The minimum atomic E-state index is -0.654. The molecule has 0 aliphatic rings. The van der Waals surface area contributed by atoms with Crippen LogP contribution in [0.1, 0.15) is 19.4 Å². The SMILES string of the molecule is CC(C)(O)CSCc1c(Cl)cccc1Cl. The first-order valence-electron chi connectivity index (χ1n) is 4.63. The number of hydrogen-bond acceptors (Lipinski definition) is 2. The Hall–Kier alpha value is 0.110. The zero-order valence-corrected chi connectivity index (χ0v) is 11.1. The molecule has 0 spiro atoms. The van der Waals surface area contributed by atoms with Crippen LogP contribution >= 0.6 is 35.0 Å². The first-order chi connectivity index (χ1) is 6.90. The number of benzene rings is 1. The molecule has 15 heavy (non-hydrogen) atoms. The highest BCUT2D eigenvalue weighted by atomic mass is 35.5. The Bertz CT molecular complexity index is 314. The van der Waals surface area contributed by atoms with E-state index in [0.717, 1.165) is 11.3 Å². The zero-order chi connectivity index (χ0) is 11.5. The van der Waals surface area contributed by atoms with Crippen molar-refractivity contribution in [1.82, 2.24) is 0 Å². The van der Waals surface area contributed by atoms with E-state index in [9.17, 15) is 5.11 Å². The molecule has 0 bridgehead atoms. The number of halogens is 2. The molecule has 0 aliphatic carbocycles. The minimum Gasteiger partial charge on any atom is -0.390 e. The number of hydrogen-bond donors (Lipinski definition) is 1. The highest BCUT2D eigenvalue weighted by molar-refractivity contribution is 7.98. The van der Waals surface area contributed by atoms with Gasteiger partial charge in [-0.05, 0) is 31.5 Å². The first kappa shape index (κ1) is 13.2. The molecule has 0 heterocycles. The third kappa shape index (κ3) is 4.64. The van der Waals surface area contributed by atoms with Crippen molar-refractivity contribution >= 4 is 35.0 Å². The second kappa shape index (κ2) is 5.44. The van der Waals surface area contributed by atoms with Crippen LogP contribution in [0, 0.1) is 0 Å². The van der Waals surface area contributed by atoms with Crippen molar-refractivity contribution in [3.05, 3.63) is 33.8 Å². The summed E-state index contributed by atoms with van der Waals surface area (Å²) >= 11 is 13.7. The Kier molecular flexibility index (Phi) is 4.78. The van der Waals surface area contributed by atoms with Crippen LogP contribution < -0.4 is 0 Å². The molecule has 0 aromatic heterocycles. The number of rotatable bonds is 4. The average Bonchev–Trinajstić information content (AvgIpc) is 2.08. The van der Waals surface area contributed by atoms with Gasteiger partial charge in [-0.3, -0.25) is 0 Å². The molecule has 0 aliphatic heterocycles. The Morgan fingerprint density at radius 2 is 1.80 bits per heavy atom. The smallest absolute Gasteiger partial charge is 0.0681 e. The van der Waals surface area contributed by atoms with Gasteiger partial charge in [0.1, 0.15) is 0 Å². The van der Waals surface area contributed by atoms with Gasteiger partial charge < -0.3 is 5.11 Å². The van der Waals surface area contributed by atoms with Gasteiger partial charge in [0, 0.05) is 21.6 Å². The monoisotopic (exact) mass is 264 g/mol. The second-order valence-corrected chi connectivity index (χ2v) is 5.81. The van der Waals surface area contributed by atoms with Crippen molar-refractivity contribution in [2.45, 2.75) is 25.2 Å². The maximum Gasteiger partial charge on any atom is 0.0681 e. The van der Waals surface area contributed by atoms with Gasteiger partial charge in [-0.1, -0.05) is 29.3 Å². The molecule has 0 radical (unpaired) electrons. The zero-order valence-electron chi connectivity index (χ0n) is 8.76. The summed E-state index contributed by atoms with van der Waals surface area (Å²) in [4.78, 5) is 0. The molecule has 0 saturated heterocycles. The molecule has 0 amide bonds. The molecule has 1 aromatic carbocycles. The van der Waals surface area contributed by atoms with E-state index in [1.54, 1.807) is 25.6 Å². The van der Waals surface area contributed by atoms with Gasteiger partial charge in [0.05, 0.1) is 5.60 Å². The van der Waals surface area contributed by atoms with Gasteiger partial charge in [0.25, 0.3) is 0 Å². The lowest BCUT2D eigenvalue weighted by Gasteiger charge is -2.16. The third-order valence-electron chi connectivity index (χ3n) is 1.76. The lowest BCUT2D eigenvalue weighted by molar-refractivity contribution is 0.107. The summed E-state index contributed by atoms with van der Waals surface area (Å²) in [7, 11) is 0. The van der Waals surface area contributed by atoms with E-state index >= 15 is 0 Å². The molecule has 1 nitrogen and oxygen atoms in total. The predicted octanol–water partition coefficient (Wildman–Crippen LogP) is 4.00. The fourth-order valence-corrected chi connectivity index (χ4v) is 2.88. The Morgan fingerprint density at radius 1 is 1.27 bits per heavy atom. The Labute approximate surface area is 105 Å². The van der Waals surface area contributed by atoms with Crippen LogP contribution in [0.4, 0.5) is 0 Å². The van der Waals surface area contributed by atoms with Crippen LogP contribution in [0.2, 0.25) is 10.0 Å². The van der Waals surface area contributed by atoms with E-state index in [-0.39, 0.29) is 0 Å². The van der Waals surface area contributed by atoms with Gasteiger partial charge in [-0.2, -0.15) is 11.8 Å². The topological polar surface area (TPSA) is 20.2 Å². The van der Waals surface area contributed by atoms with E-state index in [1.165, 1.54) is 0 Å². The van der Waals surface area contributed by atoms with Crippen molar-refractivity contribution in [1.29, 1.82) is 0 Å². The maximum absolute atomic E-state index is 9.55. The van der Waals surface area contributed by atoms with E-state index < -0.39 is 5.60 Å². The quantitative estimate of drug-likeness (QED) is 0.888. The van der Waals surface area contributed by atoms with Gasteiger partial charge in [-0.15, -0.1) is 0 Å². The summed E-state index contributed by atoms with van der Waals surface area (Å²) in [6.07, 6.45) is 0. The van der Waals surface area contributed by atoms with Crippen LogP contribution in [0.25, 0.3) is 0 Å². The van der Waals surface area contributed by atoms with Gasteiger partial charge in [0.15, 0.2) is 0 Å². The molecule has 0 atom stereocenters.